The summed E-state index contributed by atoms with van der Waals surface area (Å²) in [7, 11) is -2.15. The summed E-state index contributed by atoms with van der Waals surface area (Å²) in [5.74, 6) is 1.34. The molecule has 1 saturated heterocycles. The lowest BCUT2D eigenvalue weighted by Gasteiger charge is -2.25. The van der Waals surface area contributed by atoms with Crippen LogP contribution < -0.4 is 14.8 Å². The zero-order valence-corrected chi connectivity index (χ0v) is 19.9. The summed E-state index contributed by atoms with van der Waals surface area (Å²) in [6.07, 6.45) is 1.14. The lowest BCUT2D eigenvalue weighted by atomic mass is 10.1. The van der Waals surface area contributed by atoms with Crippen LogP contribution in [0.1, 0.15) is 45.2 Å². The molecule has 0 bridgehead atoms. The highest BCUT2D eigenvalue weighted by Gasteiger charge is 2.39. The Morgan fingerprint density at radius 3 is 2.50 bits per heavy atom. The Hall–Kier alpha value is -2.58. The highest BCUT2D eigenvalue weighted by Crippen LogP contribution is 2.31. The minimum atomic E-state index is -3.73. The van der Waals surface area contributed by atoms with Gasteiger partial charge in [0, 0.05) is 6.54 Å². The van der Waals surface area contributed by atoms with Crippen LogP contribution in [0.25, 0.3) is 0 Å². The second-order valence-electron chi connectivity index (χ2n) is 8.43. The van der Waals surface area contributed by atoms with E-state index < -0.39 is 16.1 Å². The van der Waals surface area contributed by atoms with Crippen LogP contribution in [0.3, 0.4) is 0 Å². The fourth-order valence-electron chi connectivity index (χ4n) is 3.74. The molecule has 7 nitrogen and oxygen atoms in total. The summed E-state index contributed by atoms with van der Waals surface area (Å²) >= 11 is 0. The monoisotopic (exact) mass is 460 g/mol. The van der Waals surface area contributed by atoms with Crippen LogP contribution in [0.15, 0.2) is 53.4 Å². The molecule has 0 radical (unpaired) electrons. The van der Waals surface area contributed by atoms with E-state index in [9.17, 15) is 13.2 Å². The molecular weight excluding hydrogens is 428 g/mol. The zero-order chi connectivity index (χ0) is 23.3. The lowest BCUT2D eigenvalue weighted by Crippen LogP contribution is -2.46. The van der Waals surface area contributed by atoms with E-state index in [0.717, 1.165) is 5.56 Å². The van der Waals surface area contributed by atoms with Crippen LogP contribution in [-0.2, 0) is 14.8 Å². The van der Waals surface area contributed by atoms with Gasteiger partial charge in [0.1, 0.15) is 6.04 Å². The smallest absolute Gasteiger partial charge is 0.243 e. The number of methoxy groups -OCH3 is 1. The van der Waals surface area contributed by atoms with Crippen molar-refractivity contribution in [1.29, 1.82) is 0 Å². The van der Waals surface area contributed by atoms with Crippen molar-refractivity contribution in [2.45, 2.75) is 50.6 Å². The minimum absolute atomic E-state index is 0.203. The van der Waals surface area contributed by atoms with Crippen molar-refractivity contribution in [3.05, 3.63) is 54.1 Å². The van der Waals surface area contributed by atoms with E-state index in [1.807, 2.05) is 25.1 Å². The second kappa shape index (κ2) is 10.4. The first kappa shape index (κ1) is 24.1. The molecule has 2 atom stereocenters. The standard InChI is InChI=1S/C24H32N2O5S/c1-17(2)16-31-22-13-12-19(15-23(22)30-4)18(3)25-24(27)21-11-8-14-26(21)32(28,29)20-9-6-5-7-10-20/h5-7,9-10,12-13,15,17-18,21H,8,11,14,16H2,1-4H3,(H,25,27). The number of carbonyl (C=O) groups is 1. The predicted molar refractivity (Wildman–Crippen MR) is 123 cm³/mol. The van der Waals surface area contributed by atoms with Crippen molar-refractivity contribution in [3.8, 4) is 11.5 Å². The van der Waals surface area contributed by atoms with Crippen LogP contribution >= 0.6 is 0 Å². The third-order valence-electron chi connectivity index (χ3n) is 5.47. The summed E-state index contributed by atoms with van der Waals surface area (Å²) in [6, 6.07) is 12.8. The Kier molecular flexibility index (Phi) is 7.79. The fraction of sp³-hybridized carbons (Fsp3) is 0.458. The van der Waals surface area contributed by atoms with Gasteiger partial charge in [0.2, 0.25) is 15.9 Å². The highest BCUT2D eigenvalue weighted by atomic mass is 32.2. The van der Waals surface area contributed by atoms with Gasteiger partial charge in [-0.25, -0.2) is 8.42 Å². The predicted octanol–water partition coefficient (Wildman–Crippen LogP) is 3.76. The van der Waals surface area contributed by atoms with Crippen LogP contribution in [0.2, 0.25) is 0 Å². The molecule has 8 heteroatoms. The van der Waals surface area contributed by atoms with Gasteiger partial charge in [0.15, 0.2) is 11.5 Å². The normalized spacial score (nSPS) is 17.8. The number of sulfonamides is 1. The number of rotatable bonds is 9. The number of hydrogen-bond acceptors (Lipinski definition) is 5. The second-order valence-corrected chi connectivity index (χ2v) is 10.3. The van der Waals surface area contributed by atoms with E-state index in [4.69, 9.17) is 9.47 Å². The van der Waals surface area contributed by atoms with Crippen LogP contribution in [0.5, 0.6) is 11.5 Å². The van der Waals surface area contributed by atoms with Crippen molar-refractivity contribution in [3.63, 3.8) is 0 Å². The average molecular weight is 461 g/mol. The number of amides is 1. The number of nitrogens with zero attached hydrogens (tertiary/aromatic N) is 1. The number of hydrogen-bond donors (Lipinski definition) is 1. The van der Waals surface area contributed by atoms with Gasteiger partial charge in [-0.05, 0) is 55.5 Å². The molecule has 32 heavy (non-hydrogen) atoms. The Bertz CT molecular complexity index is 1020. The van der Waals surface area contributed by atoms with Gasteiger partial charge >= 0.3 is 0 Å². The van der Waals surface area contributed by atoms with Gasteiger partial charge in [0.25, 0.3) is 0 Å². The van der Waals surface area contributed by atoms with E-state index in [0.29, 0.717) is 43.4 Å². The lowest BCUT2D eigenvalue weighted by molar-refractivity contribution is -0.124. The maximum atomic E-state index is 13.1. The van der Waals surface area contributed by atoms with Crippen molar-refractivity contribution < 1.29 is 22.7 Å². The molecule has 0 aliphatic carbocycles. The van der Waals surface area contributed by atoms with E-state index in [1.165, 1.54) is 4.31 Å². The molecular formula is C24H32N2O5S. The topological polar surface area (TPSA) is 84.9 Å². The Morgan fingerprint density at radius 2 is 1.84 bits per heavy atom. The highest BCUT2D eigenvalue weighted by molar-refractivity contribution is 7.89. The molecule has 1 aliphatic heterocycles. The summed E-state index contributed by atoms with van der Waals surface area (Å²) in [6.45, 7) is 6.92. The van der Waals surface area contributed by atoms with Crippen LogP contribution in [0.4, 0.5) is 0 Å². The molecule has 1 aliphatic rings. The molecule has 0 spiro atoms. The van der Waals surface area contributed by atoms with Gasteiger partial charge < -0.3 is 14.8 Å². The molecule has 174 valence electrons. The maximum absolute atomic E-state index is 13.1. The van der Waals surface area contributed by atoms with Crippen molar-refractivity contribution in [2.75, 3.05) is 20.3 Å². The number of nitrogens with one attached hydrogen (secondary N) is 1. The first-order chi connectivity index (χ1) is 15.2. The Balaban J connectivity index is 1.72. The Labute approximate surface area is 190 Å². The number of carbonyl (C=O) groups excluding carboxylic acids is 1. The molecule has 1 amide bonds. The maximum Gasteiger partial charge on any atom is 0.243 e. The quantitative estimate of drug-likeness (QED) is 0.616. The van der Waals surface area contributed by atoms with E-state index in [2.05, 4.69) is 19.2 Å². The summed E-state index contributed by atoms with van der Waals surface area (Å²) in [5.41, 5.74) is 0.850. The third-order valence-corrected chi connectivity index (χ3v) is 7.40. The van der Waals surface area contributed by atoms with E-state index in [-0.39, 0.29) is 16.8 Å². The van der Waals surface area contributed by atoms with Gasteiger partial charge in [-0.2, -0.15) is 4.31 Å². The van der Waals surface area contributed by atoms with Gasteiger partial charge in [0.05, 0.1) is 24.7 Å². The van der Waals surface area contributed by atoms with Crippen molar-refractivity contribution >= 4 is 15.9 Å². The summed E-state index contributed by atoms with van der Waals surface area (Å²) < 4.78 is 38.7. The van der Waals surface area contributed by atoms with Crippen LogP contribution in [0, 0.1) is 5.92 Å². The average Bonchev–Trinajstić information content (AvgIpc) is 3.29. The molecule has 2 aromatic rings. The molecule has 2 unspecified atom stereocenters. The zero-order valence-electron chi connectivity index (χ0n) is 19.1. The van der Waals surface area contributed by atoms with Gasteiger partial charge in [-0.15, -0.1) is 0 Å². The largest absolute Gasteiger partial charge is 0.493 e. The number of ether oxygens (including phenoxy) is 2. The van der Waals surface area contributed by atoms with E-state index in [1.54, 1.807) is 37.4 Å². The van der Waals surface area contributed by atoms with E-state index >= 15 is 0 Å². The molecule has 3 rings (SSSR count). The van der Waals surface area contributed by atoms with Crippen molar-refractivity contribution in [2.24, 2.45) is 5.92 Å². The first-order valence-corrected chi connectivity index (χ1v) is 12.4. The first-order valence-electron chi connectivity index (χ1n) is 10.9. The summed E-state index contributed by atoms with van der Waals surface area (Å²) in [4.78, 5) is 13.2. The Morgan fingerprint density at radius 1 is 1.12 bits per heavy atom. The van der Waals surface area contributed by atoms with Gasteiger partial charge in [-0.1, -0.05) is 38.1 Å². The minimum Gasteiger partial charge on any atom is -0.493 e. The SMILES string of the molecule is COc1cc(C(C)NC(=O)C2CCCN2S(=O)(=O)c2ccccc2)ccc1OCC(C)C. The molecule has 0 aromatic heterocycles. The number of benzene rings is 2. The molecule has 2 aromatic carbocycles. The molecule has 1 heterocycles. The fourth-order valence-corrected chi connectivity index (χ4v) is 5.42. The molecule has 1 N–H and O–H groups in total. The summed E-state index contributed by atoms with van der Waals surface area (Å²) in [5, 5.41) is 2.97. The van der Waals surface area contributed by atoms with Gasteiger partial charge in [-0.3, -0.25) is 4.79 Å². The molecule has 1 fully saturated rings. The third kappa shape index (κ3) is 5.42. The van der Waals surface area contributed by atoms with Crippen LogP contribution in [-0.4, -0.2) is 44.9 Å². The molecule has 0 saturated carbocycles. The van der Waals surface area contributed by atoms with Crippen molar-refractivity contribution in [1.82, 2.24) is 9.62 Å².